The van der Waals surface area contributed by atoms with Crippen molar-refractivity contribution in [3.63, 3.8) is 0 Å². The van der Waals surface area contributed by atoms with E-state index in [1.807, 2.05) is 7.05 Å². The average Bonchev–Trinajstić information content (AvgIpc) is 2.17. The Morgan fingerprint density at radius 1 is 1.07 bits per heavy atom. The number of hydrogen-bond acceptors (Lipinski definition) is 1. The highest BCUT2D eigenvalue weighted by molar-refractivity contribution is 5.24. The number of hydrogen-bond donors (Lipinski definition) is 1. The molecule has 0 aromatic heterocycles. The molecule has 0 heterocycles. The highest BCUT2D eigenvalue weighted by Crippen LogP contribution is 2.14. The highest BCUT2D eigenvalue weighted by Gasteiger charge is 2.02. The van der Waals surface area contributed by atoms with E-state index in [2.05, 4.69) is 50.4 Å². The van der Waals surface area contributed by atoms with Crippen LogP contribution in [0, 0.1) is 5.92 Å². The molecule has 0 aliphatic rings. The minimum absolute atomic E-state index is 0.447. The zero-order valence-electron chi connectivity index (χ0n) is 9.67. The lowest BCUT2D eigenvalue weighted by Crippen LogP contribution is -2.12. The zero-order chi connectivity index (χ0) is 10.6. The molecule has 1 unspecified atom stereocenters. The van der Waals surface area contributed by atoms with Crippen molar-refractivity contribution in [2.75, 3.05) is 7.05 Å². The minimum Gasteiger partial charge on any atom is -0.313 e. The molecule has 1 aromatic rings. The van der Waals surface area contributed by atoms with Crippen LogP contribution in [0.15, 0.2) is 24.3 Å². The zero-order valence-corrected chi connectivity index (χ0v) is 9.67. The molecule has 1 aromatic carbocycles. The first-order valence-electron chi connectivity index (χ1n) is 5.39. The summed E-state index contributed by atoms with van der Waals surface area (Å²) in [5.74, 6) is 0.738. The van der Waals surface area contributed by atoms with Gasteiger partial charge in [-0.2, -0.15) is 0 Å². The molecule has 0 spiro atoms. The van der Waals surface area contributed by atoms with Gasteiger partial charge in [0.05, 0.1) is 0 Å². The molecular formula is C13H21N. The van der Waals surface area contributed by atoms with Crippen molar-refractivity contribution in [3.05, 3.63) is 35.4 Å². The fraction of sp³-hybridized carbons (Fsp3) is 0.538. The van der Waals surface area contributed by atoms with Crippen LogP contribution in [-0.2, 0) is 6.42 Å². The second-order valence-electron chi connectivity index (χ2n) is 4.35. The van der Waals surface area contributed by atoms with Crippen LogP contribution in [0.2, 0.25) is 0 Å². The van der Waals surface area contributed by atoms with E-state index < -0.39 is 0 Å². The molecule has 0 bridgehead atoms. The molecule has 0 radical (unpaired) electrons. The van der Waals surface area contributed by atoms with Crippen LogP contribution in [0.5, 0.6) is 0 Å². The molecule has 0 saturated carbocycles. The Morgan fingerprint density at radius 2 is 1.64 bits per heavy atom. The molecule has 1 atom stereocenters. The van der Waals surface area contributed by atoms with Gasteiger partial charge in [-0.3, -0.25) is 0 Å². The summed E-state index contributed by atoms with van der Waals surface area (Å²) in [5, 5.41) is 3.24. The molecule has 0 fully saturated rings. The molecule has 1 N–H and O–H groups in total. The second-order valence-corrected chi connectivity index (χ2v) is 4.35. The summed E-state index contributed by atoms with van der Waals surface area (Å²) in [4.78, 5) is 0. The fourth-order valence-corrected chi connectivity index (χ4v) is 1.58. The van der Waals surface area contributed by atoms with Crippen LogP contribution in [0.4, 0.5) is 0 Å². The standard InChI is InChI=1S/C13H21N/c1-10(2)9-12-5-7-13(8-6-12)11(3)14-4/h5-8,10-11,14H,9H2,1-4H3. The van der Waals surface area contributed by atoms with Crippen LogP contribution < -0.4 is 5.32 Å². The molecule has 0 saturated heterocycles. The van der Waals surface area contributed by atoms with Gasteiger partial charge >= 0.3 is 0 Å². The Labute approximate surface area is 87.5 Å². The highest BCUT2D eigenvalue weighted by atomic mass is 14.8. The quantitative estimate of drug-likeness (QED) is 0.771. The van der Waals surface area contributed by atoms with Crippen LogP contribution >= 0.6 is 0 Å². The molecule has 1 nitrogen and oxygen atoms in total. The summed E-state index contributed by atoms with van der Waals surface area (Å²) in [5.41, 5.74) is 2.80. The normalized spacial score (nSPS) is 13.2. The summed E-state index contributed by atoms with van der Waals surface area (Å²) >= 11 is 0. The fourth-order valence-electron chi connectivity index (χ4n) is 1.58. The third-order valence-corrected chi connectivity index (χ3v) is 2.56. The van der Waals surface area contributed by atoms with Crippen molar-refractivity contribution in [2.45, 2.75) is 33.2 Å². The van der Waals surface area contributed by atoms with Gasteiger partial charge in [0.1, 0.15) is 0 Å². The summed E-state index contributed by atoms with van der Waals surface area (Å²) in [6.45, 7) is 6.69. The Morgan fingerprint density at radius 3 is 2.07 bits per heavy atom. The lowest BCUT2D eigenvalue weighted by molar-refractivity contribution is 0.641. The Balaban J connectivity index is 2.68. The van der Waals surface area contributed by atoms with E-state index in [1.165, 1.54) is 17.5 Å². The summed E-state index contributed by atoms with van der Waals surface area (Å²) in [7, 11) is 1.99. The lowest BCUT2D eigenvalue weighted by Gasteiger charge is -2.11. The van der Waals surface area contributed by atoms with E-state index in [9.17, 15) is 0 Å². The first-order valence-corrected chi connectivity index (χ1v) is 5.39. The third kappa shape index (κ3) is 3.15. The van der Waals surface area contributed by atoms with Crippen LogP contribution in [0.1, 0.15) is 37.9 Å². The largest absolute Gasteiger partial charge is 0.313 e. The molecular weight excluding hydrogens is 170 g/mol. The summed E-state index contributed by atoms with van der Waals surface area (Å²) in [6, 6.07) is 9.37. The first kappa shape index (κ1) is 11.3. The van der Waals surface area contributed by atoms with E-state index in [1.54, 1.807) is 0 Å². The van der Waals surface area contributed by atoms with Crippen LogP contribution in [-0.4, -0.2) is 7.05 Å². The van der Waals surface area contributed by atoms with Crippen LogP contribution in [0.3, 0.4) is 0 Å². The van der Waals surface area contributed by atoms with Gasteiger partial charge in [0.25, 0.3) is 0 Å². The van der Waals surface area contributed by atoms with Crippen molar-refractivity contribution in [2.24, 2.45) is 5.92 Å². The smallest absolute Gasteiger partial charge is 0.0289 e. The van der Waals surface area contributed by atoms with Gasteiger partial charge in [-0.15, -0.1) is 0 Å². The lowest BCUT2D eigenvalue weighted by atomic mass is 10.00. The number of rotatable bonds is 4. The van der Waals surface area contributed by atoms with E-state index in [0.717, 1.165) is 5.92 Å². The van der Waals surface area contributed by atoms with Gasteiger partial charge in [-0.1, -0.05) is 38.1 Å². The van der Waals surface area contributed by atoms with Crippen LogP contribution in [0.25, 0.3) is 0 Å². The minimum atomic E-state index is 0.447. The molecule has 1 heteroatoms. The Bertz CT molecular complexity index is 261. The molecule has 1 rings (SSSR count). The van der Waals surface area contributed by atoms with Gasteiger partial charge in [0.2, 0.25) is 0 Å². The van der Waals surface area contributed by atoms with Gasteiger partial charge in [-0.05, 0) is 37.4 Å². The molecule has 0 amide bonds. The van der Waals surface area contributed by atoms with Crippen molar-refractivity contribution in [1.29, 1.82) is 0 Å². The third-order valence-electron chi connectivity index (χ3n) is 2.56. The predicted molar refractivity (Wildman–Crippen MR) is 62.5 cm³/mol. The topological polar surface area (TPSA) is 12.0 Å². The van der Waals surface area contributed by atoms with E-state index in [4.69, 9.17) is 0 Å². The molecule has 14 heavy (non-hydrogen) atoms. The monoisotopic (exact) mass is 191 g/mol. The van der Waals surface area contributed by atoms with Crippen molar-refractivity contribution in [1.82, 2.24) is 5.32 Å². The van der Waals surface area contributed by atoms with Crippen molar-refractivity contribution in [3.8, 4) is 0 Å². The maximum Gasteiger partial charge on any atom is 0.0289 e. The summed E-state index contributed by atoms with van der Waals surface area (Å²) in [6.07, 6.45) is 1.17. The van der Waals surface area contributed by atoms with Crippen molar-refractivity contribution < 1.29 is 0 Å². The van der Waals surface area contributed by atoms with E-state index in [-0.39, 0.29) is 0 Å². The second kappa shape index (κ2) is 5.16. The molecule has 0 aliphatic heterocycles. The van der Waals surface area contributed by atoms with Crippen molar-refractivity contribution >= 4 is 0 Å². The predicted octanol–water partition coefficient (Wildman–Crippen LogP) is 3.17. The van der Waals surface area contributed by atoms with Gasteiger partial charge in [-0.25, -0.2) is 0 Å². The number of nitrogens with one attached hydrogen (secondary N) is 1. The molecule has 78 valence electrons. The SMILES string of the molecule is CNC(C)c1ccc(CC(C)C)cc1. The summed E-state index contributed by atoms with van der Waals surface area (Å²) < 4.78 is 0. The van der Waals surface area contributed by atoms with Gasteiger partial charge < -0.3 is 5.32 Å². The average molecular weight is 191 g/mol. The molecule has 0 aliphatic carbocycles. The van der Waals surface area contributed by atoms with E-state index >= 15 is 0 Å². The number of benzene rings is 1. The van der Waals surface area contributed by atoms with E-state index in [0.29, 0.717) is 6.04 Å². The van der Waals surface area contributed by atoms with Gasteiger partial charge in [0.15, 0.2) is 0 Å². The Hall–Kier alpha value is -0.820. The maximum atomic E-state index is 3.24. The first-order chi connectivity index (χ1) is 6.63. The van der Waals surface area contributed by atoms with Gasteiger partial charge in [0, 0.05) is 6.04 Å². The maximum absolute atomic E-state index is 3.24. The Kier molecular flexibility index (Phi) is 4.15.